The van der Waals surface area contributed by atoms with Crippen molar-refractivity contribution in [2.24, 2.45) is 0 Å². The van der Waals surface area contributed by atoms with Gasteiger partial charge in [-0.2, -0.15) is 0 Å². The Bertz CT molecular complexity index is 371. The molecule has 1 aromatic rings. The largest absolute Gasteiger partial charge is 0.490 e. The lowest BCUT2D eigenvalue weighted by Gasteiger charge is -2.20. The Morgan fingerprint density at radius 3 is 3.00 bits per heavy atom. The minimum absolute atomic E-state index is 0.0964. The number of nitrogens with one attached hydrogen (secondary N) is 1. The van der Waals surface area contributed by atoms with Gasteiger partial charge in [-0.05, 0) is 50.5 Å². The number of hydrogen-bond donors (Lipinski definition) is 1. The number of halogens is 1. The fourth-order valence-electron chi connectivity index (χ4n) is 1.80. The summed E-state index contributed by atoms with van der Waals surface area (Å²) in [6.07, 6.45) is 2.21. The van der Waals surface area contributed by atoms with Gasteiger partial charge in [0.2, 0.25) is 0 Å². The molecule has 3 heteroatoms. The number of alkyl halides is 1. The molecule has 1 heterocycles. The van der Waals surface area contributed by atoms with Gasteiger partial charge in [-0.1, -0.05) is 0 Å². The number of ether oxygens (including phenoxy) is 1. The molecule has 0 amide bonds. The van der Waals surface area contributed by atoms with Crippen molar-refractivity contribution in [2.45, 2.75) is 32.4 Å². The normalized spacial score (nSPS) is 15.2. The molecule has 1 N–H and O–H groups in total. The van der Waals surface area contributed by atoms with Crippen LogP contribution in [0.2, 0.25) is 0 Å². The van der Waals surface area contributed by atoms with Crippen LogP contribution in [-0.4, -0.2) is 18.8 Å². The fourth-order valence-corrected chi connectivity index (χ4v) is 1.80. The maximum Gasteiger partial charge on any atom is 0.139 e. The predicted octanol–water partition coefficient (Wildman–Crippen LogP) is 3.17. The van der Waals surface area contributed by atoms with E-state index in [1.54, 1.807) is 0 Å². The standard InChI is InChI=1S/C13H18FNO/c1-13(2,14)9-16-11-5-6-12-10(8-11)4-3-7-15-12/h5-6,8,15H,3-4,7,9H2,1-2H3. The van der Waals surface area contributed by atoms with E-state index in [0.717, 1.165) is 25.1 Å². The van der Waals surface area contributed by atoms with E-state index in [2.05, 4.69) is 5.32 Å². The van der Waals surface area contributed by atoms with Gasteiger partial charge < -0.3 is 10.1 Å². The second-order valence-electron chi connectivity index (χ2n) is 4.86. The number of hydrogen-bond acceptors (Lipinski definition) is 2. The summed E-state index contributed by atoms with van der Waals surface area (Å²) in [4.78, 5) is 0. The van der Waals surface area contributed by atoms with Crippen molar-refractivity contribution in [3.8, 4) is 5.75 Å². The Hall–Kier alpha value is -1.25. The van der Waals surface area contributed by atoms with Crippen LogP contribution in [-0.2, 0) is 6.42 Å². The molecule has 0 fully saturated rings. The minimum atomic E-state index is -1.28. The molecule has 88 valence electrons. The molecule has 0 saturated carbocycles. The average Bonchev–Trinajstić information content (AvgIpc) is 2.25. The Labute approximate surface area is 95.8 Å². The second kappa shape index (κ2) is 4.32. The summed E-state index contributed by atoms with van der Waals surface area (Å²) >= 11 is 0. The van der Waals surface area contributed by atoms with E-state index in [4.69, 9.17) is 4.74 Å². The zero-order valence-corrected chi connectivity index (χ0v) is 9.85. The first-order valence-corrected chi connectivity index (χ1v) is 5.73. The average molecular weight is 223 g/mol. The molecular weight excluding hydrogens is 205 g/mol. The number of rotatable bonds is 3. The first-order valence-electron chi connectivity index (χ1n) is 5.73. The third-order valence-electron chi connectivity index (χ3n) is 2.60. The number of aryl methyl sites for hydroxylation is 1. The van der Waals surface area contributed by atoms with Crippen LogP contribution < -0.4 is 10.1 Å². The molecule has 1 aliphatic heterocycles. The predicted molar refractivity (Wildman–Crippen MR) is 63.9 cm³/mol. The topological polar surface area (TPSA) is 21.3 Å². The molecule has 0 unspecified atom stereocenters. The SMILES string of the molecule is CC(C)(F)COc1ccc2c(c1)CCCN2. The Morgan fingerprint density at radius 2 is 2.25 bits per heavy atom. The third kappa shape index (κ3) is 2.87. The summed E-state index contributed by atoms with van der Waals surface area (Å²) in [5.74, 6) is 0.758. The molecule has 0 saturated heterocycles. The summed E-state index contributed by atoms with van der Waals surface area (Å²) in [5.41, 5.74) is 1.16. The molecule has 0 bridgehead atoms. The zero-order valence-electron chi connectivity index (χ0n) is 9.85. The van der Waals surface area contributed by atoms with Gasteiger partial charge >= 0.3 is 0 Å². The van der Waals surface area contributed by atoms with E-state index >= 15 is 0 Å². The maximum absolute atomic E-state index is 13.3. The summed E-state index contributed by atoms with van der Waals surface area (Å²) in [6, 6.07) is 5.91. The second-order valence-corrected chi connectivity index (χ2v) is 4.86. The van der Waals surface area contributed by atoms with E-state index in [-0.39, 0.29) is 6.61 Å². The molecule has 16 heavy (non-hydrogen) atoms. The molecule has 0 radical (unpaired) electrons. The fraction of sp³-hybridized carbons (Fsp3) is 0.538. The van der Waals surface area contributed by atoms with Crippen LogP contribution in [0.3, 0.4) is 0 Å². The molecule has 0 spiro atoms. The van der Waals surface area contributed by atoms with E-state index in [1.807, 2.05) is 18.2 Å². The lowest BCUT2D eigenvalue weighted by molar-refractivity contribution is 0.120. The molecular formula is C13H18FNO. The molecule has 1 aliphatic rings. The van der Waals surface area contributed by atoms with E-state index < -0.39 is 5.67 Å². The molecule has 0 aromatic heterocycles. The van der Waals surface area contributed by atoms with Crippen molar-refractivity contribution in [3.63, 3.8) is 0 Å². The van der Waals surface area contributed by atoms with E-state index in [1.165, 1.54) is 25.1 Å². The van der Waals surface area contributed by atoms with Gasteiger partial charge in [0.25, 0.3) is 0 Å². The molecule has 0 aliphatic carbocycles. The third-order valence-corrected chi connectivity index (χ3v) is 2.60. The monoisotopic (exact) mass is 223 g/mol. The van der Waals surface area contributed by atoms with E-state index in [0.29, 0.717) is 0 Å². The zero-order chi connectivity index (χ0) is 11.6. The van der Waals surface area contributed by atoms with Gasteiger partial charge in [0.05, 0.1) is 0 Å². The van der Waals surface area contributed by atoms with E-state index in [9.17, 15) is 4.39 Å². The quantitative estimate of drug-likeness (QED) is 0.849. The number of anilines is 1. The first kappa shape index (κ1) is 11.2. The van der Waals surface area contributed by atoms with Crippen LogP contribution in [0.15, 0.2) is 18.2 Å². The van der Waals surface area contributed by atoms with Crippen LogP contribution in [0, 0.1) is 0 Å². The van der Waals surface area contributed by atoms with Crippen LogP contribution in [0.4, 0.5) is 10.1 Å². The number of fused-ring (bicyclic) bond motifs is 1. The molecule has 0 atom stereocenters. The van der Waals surface area contributed by atoms with Crippen molar-refractivity contribution in [3.05, 3.63) is 23.8 Å². The van der Waals surface area contributed by atoms with Crippen molar-refractivity contribution < 1.29 is 9.13 Å². The van der Waals surface area contributed by atoms with Crippen LogP contribution in [0.1, 0.15) is 25.8 Å². The minimum Gasteiger partial charge on any atom is -0.490 e. The molecule has 2 nitrogen and oxygen atoms in total. The molecule has 1 aromatic carbocycles. The first-order chi connectivity index (χ1) is 7.54. The highest BCUT2D eigenvalue weighted by atomic mass is 19.1. The van der Waals surface area contributed by atoms with Crippen molar-refractivity contribution in [1.29, 1.82) is 0 Å². The van der Waals surface area contributed by atoms with Gasteiger partial charge in [-0.15, -0.1) is 0 Å². The van der Waals surface area contributed by atoms with Gasteiger partial charge in [-0.25, -0.2) is 4.39 Å². The van der Waals surface area contributed by atoms with Gasteiger partial charge in [-0.3, -0.25) is 0 Å². The lowest BCUT2D eigenvalue weighted by Crippen LogP contribution is -2.22. The van der Waals surface area contributed by atoms with Gasteiger partial charge in [0, 0.05) is 12.2 Å². The Morgan fingerprint density at radius 1 is 1.44 bits per heavy atom. The van der Waals surface area contributed by atoms with Crippen molar-refractivity contribution in [1.82, 2.24) is 0 Å². The van der Waals surface area contributed by atoms with Crippen molar-refractivity contribution in [2.75, 3.05) is 18.5 Å². The van der Waals surface area contributed by atoms with Gasteiger partial charge in [0.15, 0.2) is 0 Å². The van der Waals surface area contributed by atoms with Crippen LogP contribution >= 0.6 is 0 Å². The molecule has 2 rings (SSSR count). The van der Waals surface area contributed by atoms with Crippen molar-refractivity contribution >= 4 is 5.69 Å². The van der Waals surface area contributed by atoms with Gasteiger partial charge in [0.1, 0.15) is 18.0 Å². The summed E-state index contributed by atoms with van der Waals surface area (Å²) in [7, 11) is 0. The maximum atomic E-state index is 13.3. The summed E-state index contributed by atoms with van der Waals surface area (Å²) < 4.78 is 18.7. The number of benzene rings is 1. The summed E-state index contributed by atoms with van der Waals surface area (Å²) in [6.45, 7) is 4.17. The highest BCUT2D eigenvalue weighted by Crippen LogP contribution is 2.26. The highest BCUT2D eigenvalue weighted by Gasteiger charge is 2.17. The van der Waals surface area contributed by atoms with Crippen LogP contribution in [0.25, 0.3) is 0 Å². The lowest BCUT2D eigenvalue weighted by atomic mass is 10.0. The Kier molecular flexibility index (Phi) is 3.03. The smallest absolute Gasteiger partial charge is 0.139 e. The summed E-state index contributed by atoms with van der Waals surface area (Å²) in [5, 5.41) is 3.33. The highest BCUT2D eigenvalue weighted by molar-refractivity contribution is 5.55. The Balaban J connectivity index is 2.06. The van der Waals surface area contributed by atoms with Crippen LogP contribution in [0.5, 0.6) is 5.75 Å².